The molecule has 0 atom stereocenters. The second-order valence-corrected chi connectivity index (χ2v) is 15.1. The van der Waals surface area contributed by atoms with Crippen LogP contribution in [0, 0.1) is 0 Å². The number of nitrogens with two attached hydrogens (primary N) is 2. The van der Waals surface area contributed by atoms with E-state index in [4.69, 9.17) is 11.5 Å². The molecule has 0 amide bonds. The van der Waals surface area contributed by atoms with Crippen LogP contribution in [-0.2, 0) is 23.8 Å². The summed E-state index contributed by atoms with van der Waals surface area (Å²) in [5, 5.41) is 0.924. The maximum absolute atomic E-state index is 12.7. The lowest BCUT2D eigenvalue weighted by Gasteiger charge is -2.22. The van der Waals surface area contributed by atoms with Crippen LogP contribution < -0.4 is 17.2 Å². The molecule has 0 aliphatic carbocycles. The molecule has 0 saturated carbocycles. The van der Waals surface area contributed by atoms with Gasteiger partial charge in [-0.15, -0.1) is 0 Å². The molecular formula is C34H46F3N5OS. The van der Waals surface area contributed by atoms with Crippen molar-refractivity contribution in [3.05, 3.63) is 87.6 Å². The van der Waals surface area contributed by atoms with Crippen molar-refractivity contribution >= 4 is 22.8 Å². The molecule has 240 valence electrons. The number of alkyl halides is 3. The van der Waals surface area contributed by atoms with Crippen LogP contribution in [-0.4, -0.2) is 25.6 Å². The van der Waals surface area contributed by atoms with Crippen molar-refractivity contribution < 1.29 is 13.2 Å². The minimum atomic E-state index is -4.26. The van der Waals surface area contributed by atoms with Gasteiger partial charge in [-0.2, -0.15) is 18.2 Å². The molecular weight excluding hydrogens is 583 g/mol. The lowest BCUT2D eigenvalue weighted by atomic mass is 9.85. The quantitative estimate of drug-likeness (QED) is 0.179. The second kappa shape index (κ2) is 13.5. The third kappa shape index (κ3) is 10.5. The Morgan fingerprint density at radius 2 is 1.52 bits per heavy atom. The lowest BCUT2D eigenvalue weighted by Crippen LogP contribution is -2.31. The fourth-order valence-electron chi connectivity index (χ4n) is 4.55. The Bertz CT molecular complexity index is 1600. The van der Waals surface area contributed by atoms with Crippen molar-refractivity contribution in [1.82, 2.24) is 14.5 Å². The minimum absolute atomic E-state index is 0.0165. The molecule has 0 aliphatic rings. The molecule has 0 fully saturated rings. The van der Waals surface area contributed by atoms with E-state index in [1.165, 1.54) is 0 Å². The summed E-state index contributed by atoms with van der Waals surface area (Å²) in [5.41, 5.74) is 12.0. The molecule has 4 aromatic rings. The Kier molecular flexibility index (Phi) is 10.9. The molecule has 2 aromatic heterocycles. The van der Waals surface area contributed by atoms with Gasteiger partial charge in [0.05, 0.1) is 5.69 Å². The van der Waals surface area contributed by atoms with Crippen molar-refractivity contribution in [2.24, 2.45) is 11.5 Å². The third-order valence-electron chi connectivity index (χ3n) is 7.12. The molecule has 2 aromatic carbocycles. The van der Waals surface area contributed by atoms with Gasteiger partial charge in [-0.1, -0.05) is 59.7 Å². The normalized spacial score (nSPS) is 12.8. The Morgan fingerprint density at radius 1 is 0.886 bits per heavy atom. The summed E-state index contributed by atoms with van der Waals surface area (Å²) < 4.78 is 39.5. The van der Waals surface area contributed by atoms with Crippen LogP contribution in [0.25, 0.3) is 16.7 Å². The highest BCUT2D eigenvalue weighted by atomic mass is 32.2. The molecule has 2 heterocycles. The second-order valence-electron chi connectivity index (χ2n) is 14.0. The first kappa shape index (κ1) is 35.4. The van der Waals surface area contributed by atoms with E-state index in [1.54, 1.807) is 16.7 Å². The first-order valence-electron chi connectivity index (χ1n) is 14.8. The first-order chi connectivity index (χ1) is 20.1. The number of H-pyrrole nitrogens is 1. The van der Waals surface area contributed by atoms with E-state index in [0.717, 1.165) is 52.7 Å². The summed E-state index contributed by atoms with van der Waals surface area (Å²) >= 11 is -0.0405. The smallest absolute Gasteiger partial charge is 0.343 e. The van der Waals surface area contributed by atoms with Crippen LogP contribution >= 0.6 is 11.8 Å². The van der Waals surface area contributed by atoms with Crippen molar-refractivity contribution in [2.45, 2.75) is 108 Å². The zero-order valence-corrected chi connectivity index (χ0v) is 27.8. The summed E-state index contributed by atoms with van der Waals surface area (Å²) in [6.07, 6.45) is 4.28. The first-order valence-corrected chi connectivity index (χ1v) is 15.6. The molecule has 0 radical (unpaired) electrons. The molecule has 0 spiro atoms. The summed E-state index contributed by atoms with van der Waals surface area (Å²) in [6, 6.07) is 15.0. The van der Waals surface area contributed by atoms with E-state index < -0.39 is 5.51 Å². The SMILES string of the molecule is CC(C)(C)c1cc2cn(-c3ccc(CN)cc3)c(=O)nc2[nH]1.CC(C)(N)CCCc1cc(SC(F)(F)F)cc(C(C)(C)C)c1. The number of aryl methyl sites for hydroxylation is 1. The van der Waals surface area contributed by atoms with Crippen molar-refractivity contribution in [2.75, 3.05) is 0 Å². The number of rotatable bonds is 7. The highest BCUT2D eigenvalue weighted by Gasteiger charge is 2.30. The van der Waals surface area contributed by atoms with E-state index in [2.05, 4.69) is 30.7 Å². The maximum Gasteiger partial charge on any atom is 0.446 e. The Hall–Kier alpha value is -3.08. The Morgan fingerprint density at radius 3 is 2.05 bits per heavy atom. The van der Waals surface area contributed by atoms with Crippen LogP contribution in [0.15, 0.2) is 64.4 Å². The standard InChI is InChI=1S/C17H26F3NS.C17H20N4O/c1-15(2,3)13-9-12(7-6-8-16(4,5)21)10-14(11-13)22-17(18,19)20;1-17(2,3)14-8-12-10-21(16(22)20-15(12)19-14)13-6-4-11(9-18)5-7-13/h9-11H,6-8,21H2,1-5H3;4-8,10H,9,18H2,1-3H3,(H,19,20,22). The molecule has 4 rings (SSSR count). The van der Waals surface area contributed by atoms with Crippen molar-refractivity contribution in [1.29, 1.82) is 0 Å². The van der Waals surface area contributed by atoms with Gasteiger partial charge in [0.1, 0.15) is 5.65 Å². The van der Waals surface area contributed by atoms with Gasteiger partial charge in [0.2, 0.25) is 0 Å². The van der Waals surface area contributed by atoms with E-state index in [9.17, 15) is 18.0 Å². The number of aromatic nitrogens is 3. The monoisotopic (exact) mass is 629 g/mol. The molecule has 0 bridgehead atoms. The minimum Gasteiger partial charge on any atom is -0.343 e. The predicted molar refractivity (Wildman–Crippen MR) is 177 cm³/mol. The van der Waals surface area contributed by atoms with Crippen molar-refractivity contribution in [3.8, 4) is 5.69 Å². The van der Waals surface area contributed by atoms with Gasteiger partial charge in [-0.05, 0) is 97.3 Å². The molecule has 5 N–H and O–H groups in total. The predicted octanol–water partition coefficient (Wildman–Crippen LogP) is 8.13. The van der Waals surface area contributed by atoms with E-state index in [1.807, 2.05) is 77.2 Å². The molecule has 0 unspecified atom stereocenters. The van der Waals surface area contributed by atoms with Crippen LogP contribution in [0.5, 0.6) is 0 Å². The van der Waals surface area contributed by atoms with E-state index in [0.29, 0.717) is 12.2 Å². The third-order valence-corrected chi connectivity index (χ3v) is 7.82. The van der Waals surface area contributed by atoms with Crippen LogP contribution in [0.1, 0.15) is 90.6 Å². The molecule has 6 nitrogen and oxygen atoms in total. The average Bonchev–Trinajstić information content (AvgIpc) is 3.30. The molecule has 0 aliphatic heterocycles. The fraction of sp³-hybridized carbons (Fsp3) is 0.471. The lowest BCUT2D eigenvalue weighted by molar-refractivity contribution is -0.0328. The van der Waals surface area contributed by atoms with Crippen molar-refractivity contribution in [3.63, 3.8) is 0 Å². The van der Waals surface area contributed by atoms with Gasteiger partial charge in [-0.3, -0.25) is 4.57 Å². The van der Waals surface area contributed by atoms with Gasteiger partial charge >= 0.3 is 11.2 Å². The molecule has 44 heavy (non-hydrogen) atoms. The van der Waals surface area contributed by atoms with Crippen LogP contribution in [0.4, 0.5) is 13.2 Å². The van der Waals surface area contributed by atoms with E-state index in [-0.39, 0.29) is 38.7 Å². The number of nitrogens with one attached hydrogen (secondary N) is 1. The van der Waals surface area contributed by atoms with Gasteiger partial charge in [0, 0.05) is 39.7 Å². The number of fused-ring (bicyclic) bond motifs is 1. The number of benzene rings is 2. The molecule has 0 saturated heterocycles. The Balaban J connectivity index is 0.000000240. The number of thioether (sulfide) groups is 1. The van der Waals surface area contributed by atoms with E-state index >= 15 is 0 Å². The summed E-state index contributed by atoms with van der Waals surface area (Å²) in [7, 11) is 0. The van der Waals surface area contributed by atoms with Gasteiger partial charge in [0.15, 0.2) is 0 Å². The maximum atomic E-state index is 12.7. The number of hydrogen-bond donors (Lipinski definition) is 3. The summed E-state index contributed by atoms with van der Waals surface area (Å²) in [6.45, 7) is 16.8. The highest BCUT2D eigenvalue weighted by molar-refractivity contribution is 8.00. The number of nitrogens with zero attached hydrogens (tertiary/aromatic N) is 2. The Labute approximate surface area is 262 Å². The van der Waals surface area contributed by atoms with Gasteiger partial charge in [-0.25, -0.2) is 4.79 Å². The largest absolute Gasteiger partial charge is 0.446 e. The van der Waals surface area contributed by atoms with Crippen LogP contribution in [0.3, 0.4) is 0 Å². The summed E-state index contributed by atoms with van der Waals surface area (Å²) in [4.78, 5) is 19.9. The summed E-state index contributed by atoms with van der Waals surface area (Å²) in [5.74, 6) is 0. The number of hydrogen-bond acceptors (Lipinski definition) is 5. The zero-order valence-electron chi connectivity index (χ0n) is 27.0. The molecule has 10 heteroatoms. The van der Waals surface area contributed by atoms with Gasteiger partial charge < -0.3 is 16.5 Å². The topological polar surface area (TPSA) is 103 Å². The van der Waals surface area contributed by atoms with Crippen LogP contribution in [0.2, 0.25) is 0 Å². The van der Waals surface area contributed by atoms with Gasteiger partial charge in [0.25, 0.3) is 0 Å². The fourth-order valence-corrected chi connectivity index (χ4v) is 5.22. The highest BCUT2D eigenvalue weighted by Crippen LogP contribution is 2.39. The zero-order chi connectivity index (χ0) is 33.1. The number of halogens is 3. The average molecular weight is 630 g/mol. The number of aromatic amines is 1.